The van der Waals surface area contributed by atoms with E-state index in [1.54, 1.807) is 6.07 Å². The SMILES string of the molecule is OCCC/N=C(\c1c(F)cccc1I)N1CCN(c2ccccc2Cl)CC1. The number of hydrogen-bond donors (Lipinski definition) is 1. The molecule has 0 aromatic heterocycles. The van der Waals surface area contributed by atoms with Crippen molar-refractivity contribution in [1.29, 1.82) is 0 Å². The third-order valence-corrected chi connectivity index (χ3v) is 5.76. The summed E-state index contributed by atoms with van der Waals surface area (Å²) in [6, 6.07) is 12.9. The number of amidine groups is 1. The molecule has 0 amide bonds. The fourth-order valence-corrected chi connectivity index (χ4v) is 4.13. The number of hydrogen-bond acceptors (Lipinski definition) is 3. The highest BCUT2D eigenvalue weighted by Gasteiger charge is 2.25. The molecule has 1 fully saturated rings. The lowest BCUT2D eigenvalue weighted by Crippen LogP contribution is -2.49. The number of benzene rings is 2. The Balaban J connectivity index is 1.81. The van der Waals surface area contributed by atoms with E-state index in [4.69, 9.17) is 16.7 Å². The Morgan fingerprint density at radius 3 is 2.52 bits per heavy atom. The second kappa shape index (κ2) is 9.71. The number of para-hydroxylation sites is 1. The van der Waals surface area contributed by atoms with E-state index in [0.29, 0.717) is 24.4 Å². The zero-order valence-corrected chi connectivity index (χ0v) is 17.8. The first-order valence-electron chi connectivity index (χ1n) is 8.96. The van der Waals surface area contributed by atoms with Crippen LogP contribution in [0.2, 0.25) is 5.02 Å². The highest BCUT2D eigenvalue weighted by atomic mass is 127. The molecular formula is C20H22ClFIN3O. The molecule has 0 atom stereocenters. The Morgan fingerprint density at radius 1 is 1.11 bits per heavy atom. The number of aliphatic imine (C=N–C) groups is 1. The molecule has 2 aromatic carbocycles. The van der Waals surface area contributed by atoms with Crippen LogP contribution in [-0.2, 0) is 0 Å². The lowest BCUT2D eigenvalue weighted by molar-refractivity contribution is 0.290. The molecule has 7 heteroatoms. The Bertz CT molecular complexity index is 789. The minimum atomic E-state index is -0.266. The first kappa shape index (κ1) is 20.4. The lowest BCUT2D eigenvalue weighted by Gasteiger charge is -2.38. The van der Waals surface area contributed by atoms with Gasteiger partial charge in [0.1, 0.15) is 11.7 Å². The summed E-state index contributed by atoms with van der Waals surface area (Å²) >= 11 is 8.48. The van der Waals surface area contributed by atoms with Crippen LogP contribution in [0.4, 0.5) is 10.1 Å². The van der Waals surface area contributed by atoms with Gasteiger partial charge in [0.25, 0.3) is 0 Å². The third kappa shape index (κ3) is 4.92. The number of piperazine rings is 1. The maximum absolute atomic E-state index is 14.6. The molecule has 0 spiro atoms. The molecule has 0 bridgehead atoms. The van der Waals surface area contributed by atoms with Crippen LogP contribution >= 0.6 is 34.2 Å². The van der Waals surface area contributed by atoms with Gasteiger partial charge >= 0.3 is 0 Å². The van der Waals surface area contributed by atoms with Crippen molar-refractivity contribution < 1.29 is 9.50 Å². The zero-order chi connectivity index (χ0) is 19.2. The van der Waals surface area contributed by atoms with Crippen LogP contribution in [-0.4, -0.2) is 55.2 Å². The van der Waals surface area contributed by atoms with Gasteiger partial charge in [0, 0.05) is 42.9 Å². The molecule has 1 aliphatic rings. The Morgan fingerprint density at radius 2 is 1.85 bits per heavy atom. The molecule has 0 saturated carbocycles. The van der Waals surface area contributed by atoms with Crippen molar-refractivity contribution >= 4 is 45.7 Å². The van der Waals surface area contributed by atoms with Gasteiger partial charge in [0.2, 0.25) is 0 Å². The topological polar surface area (TPSA) is 39.1 Å². The van der Waals surface area contributed by atoms with E-state index in [1.165, 1.54) is 6.07 Å². The zero-order valence-electron chi connectivity index (χ0n) is 14.9. The van der Waals surface area contributed by atoms with Crippen molar-refractivity contribution in [3.63, 3.8) is 0 Å². The second-order valence-corrected chi connectivity index (χ2v) is 7.87. The first-order valence-corrected chi connectivity index (χ1v) is 10.4. The summed E-state index contributed by atoms with van der Waals surface area (Å²) in [7, 11) is 0. The smallest absolute Gasteiger partial charge is 0.135 e. The predicted octanol–water partition coefficient (Wildman–Crippen LogP) is 4.03. The fraction of sp³-hybridized carbons (Fsp3) is 0.350. The van der Waals surface area contributed by atoms with Gasteiger partial charge in [-0.05, 0) is 53.3 Å². The van der Waals surface area contributed by atoms with Crippen LogP contribution in [0.25, 0.3) is 0 Å². The van der Waals surface area contributed by atoms with Crippen molar-refractivity contribution in [2.45, 2.75) is 6.42 Å². The lowest BCUT2D eigenvalue weighted by atomic mass is 10.1. The molecule has 1 aliphatic heterocycles. The predicted molar refractivity (Wildman–Crippen MR) is 117 cm³/mol. The summed E-state index contributed by atoms with van der Waals surface area (Å²) in [6.07, 6.45) is 0.564. The van der Waals surface area contributed by atoms with Crippen molar-refractivity contribution in [3.8, 4) is 0 Å². The summed E-state index contributed by atoms with van der Waals surface area (Å²) < 4.78 is 15.4. The highest BCUT2D eigenvalue weighted by Crippen LogP contribution is 2.27. The van der Waals surface area contributed by atoms with E-state index in [0.717, 1.165) is 40.5 Å². The van der Waals surface area contributed by atoms with E-state index in [2.05, 4.69) is 37.4 Å². The Labute approximate surface area is 177 Å². The molecule has 0 aliphatic carbocycles. The molecule has 1 N–H and O–H groups in total. The summed E-state index contributed by atoms with van der Waals surface area (Å²) in [4.78, 5) is 9.01. The molecule has 1 heterocycles. The Hall–Kier alpha value is -1.38. The van der Waals surface area contributed by atoms with Crippen LogP contribution in [0, 0.1) is 9.39 Å². The monoisotopic (exact) mass is 501 g/mol. The van der Waals surface area contributed by atoms with E-state index in [-0.39, 0.29) is 12.4 Å². The van der Waals surface area contributed by atoms with E-state index in [9.17, 15) is 4.39 Å². The Kier molecular flexibility index (Phi) is 7.32. The van der Waals surface area contributed by atoms with Crippen LogP contribution < -0.4 is 4.90 Å². The minimum absolute atomic E-state index is 0.0748. The molecule has 3 rings (SSSR count). The van der Waals surface area contributed by atoms with Gasteiger partial charge < -0.3 is 14.9 Å². The molecule has 2 aromatic rings. The fourth-order valence-electron chi connectivity index (χ4n) is 3.17. The molecule has 4 nitrogen and oxygen atoms in total. The molecule has 0 radical (unpaired) electrons. The largest absolute Gasteiger partial charge is 0.396 e. The first-order chi connectivity index (χ1) is 13.1. The molecule has 0 unspecified atom stereocenters. The van der Waals surface area contributed by atoms with Crippen LogP contribution in [0.3, 0.4) is 0 Å². The van der Waals surface area contributed by atoms with Crippen LogP contribution in [0.15, 0.2) is 47.5 Å². The maximum atomic E-state index is 14.6. The average molecular weight is 502 g/mol. The number of halogens is 3. The van der Waals surface area contributed by atoms with Crippen LogP contribution in [0.1, 0.15) is 12.0 Å². The van der Waals surface area contributed by atoms with E-state index >= 15 is 0 Å². The standard InChI is InChI=1S/C20H22ClFIN3O/c21-15-5-1-2-8-18(15)25-10-12-26(13-11-25)20(24-9-4-14-27)19-16(22)6-3-7-17(19)23/h1-3,5-8,27H,4,9-14H2/b24-20+. The molecular weight excluding hydrogens is 480 g/mol. The van der Waals surface area contributed by atoms with Crippen LogP contribution in [0.5, 0.6) is 0 Å². The van der Waals surface area contributed by atoms with Gasteiger partial charge in [-0.1, -0.05) is 29.8 Å². The molecule has 27 heavy (non-hydrogen) atoms. The van der Waals surface area contributed by atoms with Gasteiger partial charge in [-0.3, -0.25) is 4.99 Å². The van der Waals surface area contributed by atoms with Gasteiger partial charge in [-0.2, -0.15) is 0 Å². The van der Waals surface area contributed by atoms with E-state index < -0.39 is 0 Å². The van der Waals surface area contributed by atoms with Gasteiger partial charge in [-0.25, -0.2) is 4.39 Å². The summed E-state index contributed by atoms with van der Waals surface area (Å²) in [5.74, 6) is 0.406. The summed E-state index contributed by atoms with van der Waals surface area (Å²) in [5, 5.41) is 9.82. The summed E-state index contributed by atoms with van der Waals surface area (Å²) in [6.45, 7) is 3.58. The summed E-state index contributed by atoms with van der Waals surface area (Å²) in [5.41, 5.74) is 1.57. The van der Waals surface area contributed by atoms with Gasteiger partial charge in [0.05, 0.1) is 16.3 Å². The second-order valence-electron chi connectivity index (χ2n) is 6.30. The molecule has 1 saturated heterocycles. The number of aliphatic hydroxyl groups is 1. The molecule has 144 valence electrons. The van der Waals surface area contributed by atoms with Gasteiger partial charge in [0.15, 0.2) is 0 Å². The van der Waals surface area contributed by atoms with Crippen molar-refractivity contribution in [2.24, 2.45) is 4.99 Å². The van der Waals surface area contributed by atoms with Crippen molar-refractivity contribution in [2.75, 3.05) is 44.2 Å². The third-order valence-electron chi connectivity index (χ3n) is 4.54. The average Bonchev–Trinajstić information content (AvgIpc) is 2.67. The maximum Gasteiger partial charge on any atom is 0.135 e. The minimum Gasteiger partial charge on any atom is -0.396 e. The quantitative estimate of drug-likeness (QED) is 0.291. The number of rotatable bonds is 5. The van der Waals surface area contributed by atoms with E-state index in [1.807, 2.05) is 30.3 Å². The van der Waals surface area contributed by atoms with Crippen molar-refractivity contribution in [1.82, 2.24) is 4.90 Å². The van der Waals surface area contributed by atoms with Gasteiger partial charge in [-0.15, -0.1) is 0 Å². The highest BCUT2D eigenvalue weighted by molar-refractivity contribution is 14.1. The number of nitrogens with zero attached hydrogens (tertiary/aromatic N) is 3. The number of anilines is 1. The number of aliphatic hydroxyl groups excluding tert-OH is 1. The normalized spacial score (nSPS) is 15.3. The van der Waals surface area contributed by atoms with Crippen molar-refractivity contribution in [3.05, 3.63) is 62.4 Å².